The summed E-state index contributed by atoms with van der Waals surface area (Å²) in [5.41, 5.74) is 4.53. The Kier molecular flexibility index (Phi) is 6.16. The molecule has 5 nitrogen and oxygen atoms in total. The highest BCUT2D eigenvalue weighted by Crippen LogP contribution is 2.41. The molecular weight excluding hydrogens is 420 g/mol. The molecule has 7 heteroatoms. The van der Waals surface area contributed by atoms with Crippen molar-refractivity contribution in [3.8, 4) is 27.3 Å². The summed E-state index contributed by atoms with van der Waals surface area (Å²) in [4.78, 5) is 12.5. The van der Waals surface area contributed by atoms with Gasteiger partial charge in [0.05, 0.1) is 19.2 Å². The van der Waals surface area contributed by atoms with E-state index in [1.54, 1.807) is 6.20 Å². The van der Waals surface area contributed by atoms with Crippen LogP contribution in [0, 0.1) is 0 Å². The summed E-state index contributed by atoms with van der Waals surface area (Å²) >= 11 is 7.89. The van der Waals surface area contributed by atoms with E-state index in [2.05, 4.69) is 10.2 Å². The summed E-state index contributed by atoms with van der Waals surface area (Å²) in [5.74, 6) is -0.105. The smallest absolute Gasteiger partial charge is 0.307 e. The second-order valence-electron chi connectivity index (χ2n) is 6.74. The highest BCUT2D eigenvalue weighted by Gasteiger charge is 2.19. The molecule has 152 valence electrons. The number of thiophene rings is 1. The Labute approximate surface area is 182 Å². The number of ether oxygens (including phenoxy) is 1. The fraction of sp³-hybridized carbons (Fsp3) is 0.130. The number of rotatable bonds is 8. The van der Waals surface area contributed by atoms with Crippen LogP contribution in [0.25, 0.3) is 21.6 Å². The minimum absolute atomic E-state index is 0.0671. The predicted octanol–water partition coefficient (Wildman–Crippen LogP) is 5.71. The lowest BCUT2D eigenvalue weighted by molar-refractivity contribution is -0.136. The van der Waals surface area contributed by atoms with E-state index in [0.29, 0.717) is 11.6 Å². The number of H-pyrrole nitrogens is 1. The Morgan fingerprint density at radius 3 is 2.63 bits per heavy atom. The minimum Gasteiger partial charge on any atom is -0.493 e. The summed E-state index contributed by atoms with van der Waals surface area (Å²) in [6.45, 7) is 0.554. The van der Waals surface area contributed by atoms with Crippen molar-refractivity contribution in [2.75, 3.05) is 6.61 Å². The van der Waals surface area contributed by atoms with Gasteiger partial charge in [0.2, 0.25) is 0 Å². The Morgan fingerprint density at radius 1 is 1.13 bits per heavy atom. The quantitative estimate of drug-likeness (QED) is 0.369. The molecule has 0 aliphatic rings. The summed E-state index contributed by atoms with van der Waals surface area (Å²) in [7, 11) is 0. The van der Waals surface area contributed by atoms with Crippen LogP contribution in [0.5, 0.6) is 5.75 Å². The van der Waals surface area contributed by atoms with Crippen molar-refractivity contribution >= 4 is 28.9 Å². The van der Waals surface area contributed by atoms with Gasteiger partial charge in [-0.15, -0.1) is 11.3 Å². The molecule has 0 saturated heterocycles. The lowest BCUT2D eigenvalue weighted by atomic mass is 9.98. The van der Waals surface area contributed by atoms with Gasteiger partial charge in [0, 0.05) is 28.1 Å². The van der Waals surface area contributed by atoms with Crippen molar-refractivity contribution in [3.63, 3.8) is 0 Å². The Morgan fingerprint density at radius 2 is 1.93 bits per heavy atom. The number of carboxylic acid groups (broad SMARTS) is 1. The van der Waals surface area contributed by atoms with Crippen molar-refractivity contribution in [3.05, 3.63) is 82.5 Å². The van der Waals surface area contributed by atoms with Gasteiger partial charge >= 0.3 is 5.97 Å². The van der Waals surface area contributed by atoms with E-state index in [1.165, 1.54) is 11.3 Å². The first-order chi connectivity index (χ1) is 14.6. The molecule has 0 amide bonds. The second kappa shape index (κ2) is 9.15. The van der Waals surface area contributed by atoms with Gasteiger partial charge in [0.25, 0.3) is 0 Å². The highest BCUT2D eigenvalue weighted by molar-refractivity contribution is 7.14. The Bertz CT molecular complexity index is 1140. The van der Waals surface area contributed by atoms with E-state index in [1.807, 2.05) is 60.1 Å². The van der Waals surface area contributed by atoms with Crippen LogP contribution in [0.1, 0.15) is 11.1 Å². The van der Waals surface area contributed by atoms with Crippen LogP contribution >= 0.6 is 22.9 Å². The lowest BCUT2D eigenvalue weighted by Gasteiger charge is -2.09. The molecule has 0 unspecified atom stereocenters. The number of aliphatic carboxylic acids is 1. The normalized spacial score (nSPS) is 10.8. The number of carboxylic acids is 1. The van der Waals surface area contributed by atoms with E-state index in [-0.39, 0.29) is 6.42 Å². The number of halogens is 1. The second-order valence-corrected chi connectivity index (χ2v) is 8.02. The number of aromatic amines is 1. The zero-order valence-electron chi connectivity index (χ0n) is 16.0. The molecule has 2 heterocycles. The lowest BCUT2D eigenvalue weighted by Crippen LogP contribution is -2.02. The number of hydrogen-bond acceptors (Lipinski definition) is 4. The number of nitrogens with one attached hydrogen (secondary N) is 1. The molecule has 0 aliphatic carbocycles. The molecule has 2 aromatic carbocycles. The average Bonchev–Trinajstić information content (AvgIpc) is 3.39. The van der Waals surface area contributed by atoms with Gasteiger partial charge in [-0.2, -0.15) is 5.10 Å². The van der Waals surface area contributed by atoms with Crippen LogP contribution in [0.3, 0.4) is 0 Å². The first-order valence-electron chi connectivity index (χ1n) is 9.40. The maximum absolute atomic E-state index is 11.5. The predicted molar refractivity (Wildman–Crippen MR) is 119 cm³/mol. The maximum atomic E-state index is 11.5. The number of nitrogens with zero attached hydrogens (tertiary/aromatic N) is 1. The summed E-state index contributed by atoms with van der Waals surface area (Å²) in [6.07, 6.45) is 4.34. The van der Waals surface area contributed by atoms with Gasteiger partial charge in [0.15, 0.2) is 0 Å². The third-order valence-electron chi connectivity index (χ3n) is 4.72. The molecule has 0 aliphatic heterocycles. The van der Waals surface area contributed by atoms with Crippen molar-refractivity contribution in [2.24, 2.45) is 0 Å². The van der Waals surface area contributed by atoms with Crippen LogP contribution in [0.2, 0.25) is 5.02 Å². The van der Waals surface area contributed by atoms with E-state index >= 15 is 0 Å². The molecule has 0 fully saturated rings. The first kappa shape index (κ1) is 20.2. The van der Waals surface area contributed by atoms with Crippen LogP contribution in [0.15, 0.2) is 66.3 Å². The van der Waals surface area contributed by atoms with E-state index in [4.69, 9.17) is 16.3 Å². The van der Waals surface area contributed by atoms with Gasteiger partial charge in [-0.05, 0) is 58.0 Å². The van der Waals surface area contributed by atoms with Gasteiger partial charge < -0.3 is 9.84 Å². The van der Waals surface area contributed by atoms with Gasteiger partial charge in [-0.25, -0.2) is 0 Å². The first-order valence-corrected chi connectivity index (χ1v) is 10.7. The van der Waals surface area contributed by atoms with Crippen LogP contribution in [-0.2, 0) is 17.6 Å². The molecule has 0 saturated carbocycles. The molecular formula is C23H19ClN2O3S. The zero-order chi connectivity index (χ0) is 20.9. The largest absolute Gasteiger partial charge is 0.493 e. The zero-order valence-corrected chi connectivity index (χ0v) is 17.5. The highest BCUT2D eigenvalue weighted by atomic mass is 35.5. The Balaban J connectivity index is 1.57. The van der Waals surface area contributed by atoms with Gasteiger partial charge in [-0.1, -0.05) is 29.8 Å². The van der Waals surface area contributed by atoms with Crippen LogP contribution in [0.4, 0.5) is 0 Å². The minimum atomic E-state index is -0.873. The van der Waals surface area contributed by atoms with Crippen molar-refractivity contribution in [1.82, 2.24) is 10.2 Å². The summed E-state index contributed by atoms with van der Waals surface area (Å²) in [5, 5.41) is 18.8. The van der Waals surface area contributed by atoms with Crippen molar-refractivity contribution in [2.45, 2.75) is 12.8 Å². The van der Waals surface area contributed by atoms with Crippen molar-refractivity contribution in [1.29, 1.82) is 0 Å². The van der Waals surface area contributed by atoms with Crippen LogP contribution in [-0.4, -0.2) is 27.9 Å². The van der Waals surface area contributed by atoms with Crippen LogP contribution < -0.4 is 4.74 Å². The fourth-order valence-electron chi connectivity index (χ4n) is 3.26. The maximum Gasteiger partial charge on any atom is 0.307 e. The molecule has 0 bridgehead atoms. The van der Waals surface area contributed by atoms with Crippen molar-refractivity contribution < 1.29 is 14.6 Å². The van der Waals surface area contributed by atoms with E-state index in [9.17, 15) is 9.90 Å². The number of hydrogen-bond donors (Lipinski definition) is 2. The number of aromatic nitrogens is 2. The topological polar surface area (TPSA) is 75.2 Å². The summed E-state index contributed by atoms with van der Waals surface area (Å²) in [6, 6.07) is 15.2. The monoisotopic (exact) mass is 438 g/mol. The van der Waals surface area contributed by atoms with Gasteiger partial charge in [0.1, 0.15) is 5.75 Å². The average molecular weight is 439 g/mol. The fourth-order valence-corrected chi connectivity index (χ4v) is 4.60. The molecule has 0 radical (unpaired) electrons. The number of carbonyl (C=O) groups is 1. The molecule has 2 aromatic heterocycles. The van der Waals surface area contributed by atoms with E-state index in [0.717, 1.165) is 44.9 Å². The summed E-state index contributed by atoms with van der Waals surface area (Å²) < 4.78 is 5.81. The standard InChI is InChI=1S/C23H19ClN2O3S/c24-21-4-2-1-3-18(21)20-14-30-23(19(20)11-22(27)28)16-5-7-17(8-6-16)29-10-9-15-12-25-26-13-15/h1-8,12-14H,9-11H2,(H,25,26)(H,27,28). The Hall–Kier alpha value is -3.09. The molecule has 2 N–H and O–H groups in total. The molecule has 4 aromatic rings. The van der Waals surface area contributed by atoms with Gasteiger partial charge in [-0.3, -0.25) is 9.89 Å². The number of benzene rings is 2. The third-order valence-corrected chi connectivity index (χ3v) is 6.12. The third kappa shape index (κ3) is 4.56. The molecule has 4 rings (SSSR count). The van der Waals surface area contributed by atoms with E-state index < -0.39 is 5.97 Å². The molecule has 30 heavy (non-hydrogen) atoms. The SMILES string of the molecule is O=C(O)Cc1c(-c2ccccc2Cl)csc1-c1ccc(OCCc2cn[nH]c2)cc1. The molecule has 0 spiro atoms. The molecule has 0 atom stereocenters.